The quantitative estimate of drug-likeness (QED) is 0.694. The Labute approximate surface area is 70.0 Å². The SMILES string of the molecule is CSC(=O)Nc1cc[c]cc1. The second-order valence-electron chi connectivity index (χ2n) is 1.91. The normalized spacial score (nSPS) is 9.18. The number of carbonyl (C=O) groups is 1. The first-order valence-electron chi connectivity index (χ1n) is 3.14. The fraction of sp³-hybridized carbons (Fsp3) is 0.125. The molecule has 0 aromatic heterocycles. The van der Waals surface area contributed by atoms with Crippen LogP contribution in [0.4, 0.5) is 10.5 Å². The van der Waals surface area contributed by atoms with Crippen LogP contribution in [0.15, 0.2) is 24.3 Å². The van der Waals surface area contributed by atoms with Crippen LogP contribution in [-0.2, 0) is 0 Å². The highest BCUT2D eigenvalue weighted by Crippen LogP contribution is 2.07. The van der Waals surface area contributed by atoms with Gasteiger partial charge >= 0.3 is 0 Å². The summed E-state index contributed by atoms with van der Waals surface area (Å²) in [6, 6.07) is 9.99. The Morgan fingerprint density at radius 3 is 2.73 bits per heavy atom. The van der Waals surface area contributed by atoms with Crippen molar-refractivity contribution < 1.29 is 4.79 Å². The smallest absolute Gasteiger partial charge is 0.283 e. The number of amides is 1. The monoisotopic (exact) mass is 166 g/mol. The van der Waals surface area contributed by atoms with E-state index >= 15 is 0 Å². The summed E-state index contributed by atoms with van der Waals surface area (Å²) in [7, 11) is 0. The van der Waals surface area contributed by atoms with Crippen LogP contribution in [0.2, 0.25) is 0 Å². The molecule has 0 atom stereocenters. The Balaban J connectivity index is 2.58. The predicted octanol–water partition coefficient (Wildman–Crippen LogP) is 2.38. The minimum atomic E-state index is -0.0452. The van der Waals surface area contributed by atoms with Crippen molar-refractivity contribution in [1.29, 1.82) is 0 Å². The molecule has 0 spiro atoms. The lowest BCUT2D eigenvalue weighted by atomic mass is 10.3. The Morgan fingerprint density at radius 2 is 2.18 bits per heavy atom. The van der Waals surface area contributed by atoms with Crippen LogP contribution >= 0.6 is 11.8 Å². The molecule has 1 amide bonds. The van der Waals surface area contributed by atoms with Crippen molar-refractivity contribution in [2.45, 2.75) is 0 Å². The lowest BCUT2D eigenvalue weighted by Gasteiger charge is -1.99. The topological polar surface area (TPSA) is 29.1 Å². The van der Waals surface area contributed by atoms with Gasteiger partial charge in [0.05, 0.1) is 0 Å². The Bertz CT molecular complexity index is 235. The summed E-state index contributed by atoms with van der Waals surface area (Å²) in [4.78, 5) is 10.8. The largest absolute Gasteiger partial charge is 0.317 e. The van der Waals surface area contributed by atoms with Crippen LogP contribution in [0.25, 0.3) is 0 Å². The fourth-order valence-corrected chi connectivity index (χ4v) is 0.859. The third-order valence-corrected chi connectivity index (χ3v) is 1.62. The Morgan fingerprint density at radius 1 is 1.55 bits per heavy atom. The minimum Gasteiger partial charge on any atom is -0.317 e. The number of benzene rings is 1. The van der Waals surface area contributed by atoms with Gasteiger partial charge in [0.1, 0.15) is 0 Å². The molecule has 1 radical (unpaired) electrons. The number of rotatable bonds is 1. The summed E-state index contributed by atoms with van der Waals surface area (Å²) in [6.45, 7) is 0. The first-order valence-corrected chi connectivity index (χ1v) is 4.36. The van der Waals surface area contributed by atoms with Crippen molar-refractivity contribution in [1.82, 2.24) is 0 Å². The van der Waals surface area contributed by atoms with Crippen LogP contribution in [0.3, 0.4) is 0 Å². The van der Waals surface area contributed by atoms with Crippen molar-refractivity contribution in [3.8, 4) is 0 Å². The molecule has 0 aliphatic heterocycles. The van der Waals surface area contributed by atoms with Crippen LogP contribution in [0, 0.1) is 6.07 Å². The maximum atomic E-state index is 10.8. The highest BCUT2D eigenvalue weighted by molar-refractivity contribution is 8.13. The van der Waals surface area contributed by atoms with Gasteiger partial charge in [-0.15, -0.1) is 0 Å². The molecule has 2 nitrogen and oxygen atoms in total. The zero-order chi connectivity index (χ0) is 8.10. The van der Waals surface area contributed by atoms with Gasteiger partial charge in [0, 0.05) is 5.69 Å². The highest BCUT2D eigenvalue weighted by Gasteiger charge is 1.96. The second-order valence-corrected chi connectivity index (χ2v) is 2.68. The van der Waals surface area contributed by atoms with Crippen molar-refractivity contribution in [2.75, 3.05) is 11.6 Å². The summed E-state index contributed by atoms with van der Waals surface area (Å²) < 4.78 is 0. The van der Waals surface area contributed by atoms with E-state index in [4.69, 9.17) is 0 Å². The molecule has 0 bridgehead atoms. The van der Waals surface area contributed by atoms with Crippen molar-refractivity contribution in [2.24, 2.45) is 0 Å². The number of thioether (sulfide) groups is 1. The molecule has 1 aromatic rings. The zero-order valence-corrected chi connectivity index (χ0v) is 6.94. The maximum Gasteiger partial charge on any atom is 0.283 e. The fourth-order valence-electron chi connectivity index (χ4n) is 0.639. The summed E-state index contributed by atoms with van der Waals surface area (Å²) >= 11 is 1.16. The van der Waals surface area contributed by atoms with E-state index in [2.05, 4.69) is 11.4 Å². The summed E-state index contributed by atoms with van der Waals surface area (Å²) in [5.41, 5.74) is 0.808. The van der Waals surface area contributed by atoms with Gasteiger partial charge in [-0.25, -0.2) is 0 Å². The van der Waals surface area contributed by atoms with Gasteiger partial charge in [0.25, 0.3) is 5.24 Å². The molecule has 57 valence electrons. The summed E-state index contributed by atoms with van der Waals surface area (Å²) in [6.07, 6.45) is 1.74. The van der Waals surface area contributed by atoms with Crippen molar-refractivity contribution in [3.05, 3.63) is 30.3 Å². The molecule has 11 heavy (non-hydrogen) atoms. The van der Waals surface area contributed by atoms with Crippen LogP contribution in [0.1, 0.15) is 0 Å². The number of nitrogens with one attached hydrogen (secondary N) is 1. The molecular weight excluding hydrogens is 158 g/mol. The molecular formula is C8H8NOS. The lowest BCUT2D eigenvalue weighted by Crippen LogP contribution is -2.02. The van der Waals surface area contributed by atoms with E-state index in [1.54, 1.807) is 30.5 Å². The standard InChI is InChI=1S/C8H8NOS/c1-11-8(10)9-7-5-3-2-4-6-7/h3-6H,1H3,(H,9,10). The molecule has 1 rings (SSSR count). The Kier molecular flexibility index (Phi) is 2.98. The van der Waals surface area contributed by atoms with E-state index in [9.17, 15) is 4.79 Å². The zero-order valence-electron chi connectivity index (χ0n) is 6.13. The van der Waals surface area contributed by atoms with Gasteiger partial charge in [-0.1, -0.05) is 23.9 Å². The number of anilines is 1. The summed E-state index contributed by atoms with van der Waals surface area (Å²) in [5, 5.41) is 2.65. The van der Waals surface area contributed by atoms with Crippen LogP contribution in [0.5, 0.6) is 0 Å². The molecule has 1 aromatic carbocycles. The van der Waals surface area contributed by atoms with E-state index in [1.807, 2.05) is 0 Å². The Hall–Kier alpha value is -0.960. The summed E-state index contributed by atoms with van der Waals surface area (Å²) in [5.74, 6) is 0. The number of carbonyl (C=O) groups excluding carboxylic acids is 1. The molecule has 0 saturated heterocycles. The first kappa shape index (κ1) is 8.14. The van der Waals surface area contributed by atoms with Gasteiger partial charge in [-0.3, -0.25) is 4.79 Å². The average molecular weight is 166 g/mol. The van der Waals surface area contributed by atoms with Crippen molar-refractivity contribution >= 4 is 22.7 Å². The minimum absolute atomic E-state index is 0.0452. The number of hydrogen-bond acceptors (Lipinski definition) is 2. The van der Waals surface area contributed by atoms with Gasteiger partial charge < -0.3 is 5.32 Å². The maximum absolute atomic E-state index is 10.8. The predicted molar refractivity (Wildman–Crippen MR) is 47.8 cm³/mol. The molecule has 0 fully saturated rings. The van der Waals surface area contributed by atoms with Gasteiger partial charge in [-0.05, 0) is 24.5 Å². The molecule has 0 saturated carbocycles. The molecule has 0 aliphatic carbocycles. The van der Waals surface area contributed by atoms with E-state index in [0.717, 1.165) is 17.4 Å². The third-order valence-electron chi connectivity index (χ3n) is 1.15. The van der Waals surface area contributed by atoms with Crippen LogP contribution in [-0.4, -0.2) is 11.5 Å². The van der Waals surface area contributed by atoms with Crippen molar-refractivity contribution in [3.63, 3.8) is 0 Å². The third kappa shape index (κ3) is 2.63. The lowest BCUT2D eigenvalue weighted by molar-refractivity contribution is 0.270. The van der Waals surface area contributed by atoms with E-state index in [1.165, 1.54) is 0 Å². The second kappa shape index (κ2) is 4.03. The van der Waals surface area contributed by atoms with E-state index in [0.29, 0.717) is 0 Å². The molecule has 0 unspecified atom stereocenters. The van der Waals surface area contributed by atoms with Crippen LogP contribution < -0.4 is 5.32 Å². The molecule has 0 heterocycles. The molecule has 3 heteroatoms. The van der Waals surface area contributed by atoms with Gasteiger partial charge in [0.2, 0.25) is 0 Å². The number of hydrogen-bond donors (Lipinski definition) is 1. The first-order chi connectivity index (χ1) is 5.33. The molecule has 1 N–H and O–H groups in total. The van der Waals surface area contributed by atoms with E-state index < -0.39 is 0 Å². The highest BCUT2D eigenvalue weighted by atomic mass is 32.2. The molecule has 0 aliphatic rings. The van der Waals surface area contributed by atoms with Gasteiger partial charge in [0.15, 0.2) is 0 Å². The van der Waals surface area contributed by atoms with E-state index in [-0.39, 0.29) is 5.24 Å². The average Bonchev–Trinajstić information content (AvgIpc) is 2.06. The van der Waals surface area contributed by atoms with Gasteiger partial charge in [-0.2, -0.15) is 0 Å².